The van der Waals surface area contributed by atoms with E-state index in [1.165, 1.54) is 5.56 Å². The molecule has 0 saturated heterocycles. The van der Waals surface area contributed by atoms with Gasteiger partial charge >= 0.3 is 0 Å². The number of benzene rings is 1. The van der Waals surface area contributed by atoms with E-state index in [9.17, 15) is 4.79 Å². The van der Waals surface area contributed by atoms with Crippen molar-refractivity contribution in [1.29, 1.82) is 0 Å². The van der Waals surface area contributed by atoms with Gasteiger partial charge < -0.3 is 4.79 Å². The van der Waals surface area contributed by atoms with Gasteiger partial charge in [-0.3, -0.25) is 0 Å². The third-order valence-corrected chi connectivity index (χ3v) is 1.71. The third-order valence-electron chi connectivity index (χ3n) is 1.71. The summed E-state index contributed by atoms with van der Waals surface area (Å²) < 4.78 is 0. The number of carbonyl (C=O) groups is 1. The number of aldehydes is 1. The summed E-state index contributed by atoms with van der Waals surface area (Å²) in [6.07, 6.45) is 2.40. The van der Waals surface area contributed by atoms with Crippen LogP contribution in [0.5, 0.6) is 0 Å². The van der Waals surface area contributed by atoms with Gasteiger partial charge in [0.1, 0.15) is 6.29 Å². The van der Waals surface area contributed by atoms with Crippen LogP contribution in [0.25, 0.3) is 0 Å². The van der Waals surface area contributed by atoms with Crippen molar-refractivity contribution in [2.75, 3.05) is 0 Å². The Kier molecular flexibility index (Phi) is 2.84. The second-order valence-electron chi connectivity index (χ2n) is 2.53. The Morgan fingerprint density at radius 2 is 2.45 bits per heavy atom. The lowest BCUT2D eigenvalue weighted by Gasteiger charge is -2.00. The van der Waals surface area contributed by atoms with Gasteiger partial charge in [-0.2, -0.15) is 0 Å². The van der Waals surface area contributed by atoms with Crippen molar-refractivity contribution in [3.05, 3.63) is 35.4 Å². The molecule has 0 atom stereocenters. The molecule has 11 heavy (non-hydrogen) atoms. The van der Waals surface area contributed by atoms with Crippen LogP contribution in [0.1, 0.15) is 17.5 Å². The van der Waals surface area contributed by atoms with Crippen molar-refractivity contribution in [2.45, 2.75) is 19.8 Å². The lowest BCUT2D eigenvalue weighted by Crippen LogP contribution is -1.89. The molecule has 0 aliphatic carbocycles. The molecule has 0 saturated carbocycles. The molecule has 0 unspecified atom stereocenters. The van der Waals surface area contributed by atoms with Gasteiger partial charge in [0, 0.05) is 6.42 Å². The second-order valence-corrected chi connectivity index (χ2v) is 2.53. The Hall–Kier alpha value is -1.11. The summed E-state index contributed by atoms with van der Waals surface area (Å²) >= 11 is 0. The van der Waals surface area contributed by atoms with Crippen molar-refractivity contribution in [3.8, 4) is 0 Å². The monoisotopic (exact) mass is 147 g/mol. The Morgan fingerprint density at radius 3 is 3.09 bits per heavy atom. The molecule has 0 heterocycles. The predicted octanol–water partition coefficient (Wildman–Crippen LogP) is 1.93. The molecule has 0 aromatic heterocycles. The van der Waals surface area contributed by atoms with E-state index in [0.29, 0.717) is 6.42 Å². The highest BCUT2D eigenvalue weighted by Crippen LogP contribution is 2.07. The maximum absolute atomic E-state index is 10.1. The van der Waals surface area contributed by atoms with Gasteiger partial charge in [-0.1, -0.05) is 18.2 Å². The average molecular weight is 147 g/mol. The highest BCUT2D eigenvalue weighted by Gasteiger charge is 1.94. The number of carbonyl (C=O) groups excluding carboxylic acids is 1. The first kappa shape index (κ1) is 7.99. The fourth-order valence-corrected chi connectivity index (χ4v) is 1.04. The Labute approximate surface area is 67.1 Å². The first-order chi connectivity index (χ1) is 5.34. The molecule has 1 heteroatoms. The molecule has 0 amide bonds. The van der Waals surface area contributed by atoms with Gasteiger partial charge in [0.15, 0.2) is 0 Å². The zero-order chi connectivity index (χ0) is 8.10. The van der Waals surface area contributed by atoms with E-state index in [1.807, 2.05) is 25.1 Å². The number of rotatable bonds is 3. The molecule has 0 aliphatic rings. The minimum Gasteiger partial charge on any atom is -0.303 e. The molecule has 1 aromatic carbocycles. The van der Waals surface area contributed by atoms with E-state index in [4.69, 9.17) is 0 Å². The molecule has 0 N–H and O–H groups in total. The smallest absolute Gasteiger partial charge is 0.120 e. The zero-order valence-corrected chi connectivity index (χ0v) is 6.63. The summed E-state index contributed by atoms with van der Waals surface area (Å²) in [5.41, 5.74) is 2.37. The Morgan fingerprint density at radius 1 is 1.64 bits per heavy atom. The van der Waals surface area contributed by atoms with Gasteiger partial charge in [-0.25, -0.2) is 0 Å². The van der Waals surface area contributed by atoms with E-state index in [-0.39, 0.29) is 0 Å². The molecule has 0 fully saturated rings. The first-order valence-corrected chi connectivity index (χ1v) is 3.74. The standard InChI is InChI=1S/C10H11O/c1-9-5-2-3-6-10(9)7-4-8-11/h2-3,6,8H,4,7H2,1H3. The van der Waals surface area contributed by atoms with E-state index < -0.39 is 0 Å². The van der Waals surface area contributed by atoms with Crippen molar-refractivity contribution < 1.29 is 4.79 Å². The molecule has 57 valence electrons. The van der Waals surface area contributed by atoms with Gasteiger partial charge in [-0.05, 0) is 30.5 Å². The van der Waals surface area contributed by atoms with E-state index in [2.05, 4.69) is 6.07 Å². The van der Waals surface area contributed by atoms with Gasteiger partial charge in [0.2, 0.25) is 0 Å². The quantitative estimate of drug-likeness (QED) is 0.597. The second kappa shape index (κ2) is 3.91. The molecule has 1 rings (SSSR count). The molecular weight excluding hydrogens is 136 g/mol. The summed E-state index contributed by atoms with van der Waals surface area (Å²) in [5, 5.41) is 0. The summed E-state index contributed by atoms with van der Waals surface area (Å²) in [7, 11) is 0. The maximum Gasteiger partial charge on any atom is 0.120 e. The minimum atomic E-state index is 0.610. The molecule has 1 aromatic rings. The fraction of sp³-hybridized carbons (Fsp3) is 0.300. The summed E-state index contributed by atoms with van der Waals surface area (Å²) in [4.78, 5) is 10.1. The summed E-state index contributed by atoms with van der Waals surface area (Å²) in [6.45, 7) is 2.01. The van der Waals surface area contributed by atoms with Crippen LogP contribution >= 0.6 is 0 Å². The van der Waals surface area contributed by atoms with Crippen LogP contribution in [-0.4, -0.2) is 6.29 Å². The molecule has 1 nitrogen and oxygen atoms in total. The largest absolute Gasteiger partial charge is 0.303 e. The van der Waals surface area contributed by atoms with Crippen LogP contribution in [0.4, 0.5) is 0 Å². The fourth-order valence-electron chi connectivity index (χ4n) is 1.04. The molecule has 0 aliphatic heterocycles. The van der Waals surface area contributed by atoms with Gasteiger partial charge in [0.25, 0.3) is 0 Å². The minimum absolute atomic E-state index is 0.610. The van der Waals surface area contributed by atoms with Crippen LogP contribution in [0.3, 0.4) is 0 Å². The highest BCUT2D eigenvalue weighted by molar-refractivity contribution is 5.50. The topological polar surface area (TPSA) is 17.1 Å². The van der Waals surface area contributed by atoms with Crippen LogP contribution in [-0.2, 0) is 11.2 Å². The van der Waals surface area contributed by atoms with Crippen LogP contribution in [0, 0.1) is 13.0 Å². The van der Waals surface area contributed by atoms with Crippen molar-refractivity contribution in [1.82, 2.24) is 0 Å². The van der Waals surface area contributed by atoms with Gasteiger partial charge in [0.05, 0.1) is 0 Å². The zero-order valence-electron chi connectivity index (χ0n) is 6.63. The third kappa shape index (κ3) is 2.19. The van der Waals surface area contributed by atoms with E-state index in [1.54, 1.807) is 0 Å². The molecule has 0 spiro atoms. The number of hydrogen-bond acceptors (Lipinski definition) is 1. The summed E-state index contributed by atoms with van der Waals surface area (Å²) in [5.74, 6) is 0. The number of hydrogen-bond donors (Lipinski definition) is 0. The van der Waals surface area contributed by atoms with Crippen LogP contribution in [0.2, 0.25) is 0 Å². The van der Waals surface area contributed by atoms with E-state index >= 15 is 0 Å². The van der Waals surface area contributed by atoms with Crippen LogP contribution < -0.4 is 0 Å². The Bertz CT molecular complexity index is 240. The average Bonchev–Trinajstić information content (AvgIpc) is 2.03. The first-order valence-electron chi connectivity index (χ1n) is 3.74. The molecule has 0 bridgehead atoms. The Balaban J connectivity index is 2.69. The van der Waals surface area contributed by atoms with Crippen molar-refractivity contribution in [3.63, 3.8) is 0 Å². The van der Waals surface area contributed by atoms with Crippen molar-refractivity contribution >= 4 is 6.29 Å². The molecular formula is C10H11O. The highest BCUT2D eigenvalue weighted by atomic mass is 16.1. The normalized spacial score (nSPS) is 9.55. The molecule has 1 radical (unpaired) electrons. The number of aryl methyl sites for hydroxylation is 2. The maximum atomic E-state index is 10.1. The van der Waals surface area contributed by atoms with Crippen molar-refractivity contribution in [2.24, 2.45) is 0 Å². The van der Waals surface area contributed by atoms with Gasteiger partial charge in [-0.15, -0.1) is 0 Å². The SMILES string of the molecule is Cc1[c]cccc1CCC=O. The lowest BCUT2D eigenvalue weighted by atomic mass is 10.1. The van der Waals surface area contributed by atoms with Crippen LogP contribution in [0.15, 0.2) is 18.2 Å². The summed E-state index contributed by atoms with van der Waals surface area (Å²) in [6, 6.07) is 8.97. The lowest BCUT2D eigenvalue weighted by molar-refractivity contribution is -0.107. The van der Waals surface area contributed by atoms with E-state index in [0.717, 1.165) is 18.3 Å². The predicted molar refractivity (Wildman–Crippen MR) is 44.4 cm³/mol.